The van der Waals surface area contributed by atoms with Gasteiger partial charge in [-0.1, -0.05) is 44.4 Å². The van der Waals surface area contributed by atoms with Crippen LogP contribution in [0, 0.1) is 12.8 Å². The first-order chi connectivity index (χ1) is 18.4. The molecule has 0 heterocycles. The Labute approximate surface area is 228 Å². The van der Waals surface area contributed by atoms with Crippen molar-refractivity contribution in [2.24, 2.45) is 5.92 Å². The number of aryl methyl sites for hydroxylation is 1. The Morgan fingerprint density at radius 1 is 0.711 bits per heavy atom. The van der Waals surface area contributed by atoms with Crippen LogP contribution in [0.4, 0.5) is 0 Å². The molecule has 1 aromatic carbocycles. The number of esters is 1. The molecule has 1 rings (SSSR count). The molecule has 0 aliphatic carbocycles. The Balaban J connectivity index is 1.83. The highest BCUT2D eigenvalue weighted by Gasteiger charge is 2.17. The van der Waals surface area contributed by atoms with Crippen LogP contribution in [-0.4, -0.2) is 93.7 Å². The van der Waals surface area contributed by atoms with Crippen molar-refractivity contribution in [2.75, 3.05) is 79.3 Å². The monoisotopic (exact) mass is 562 g/mol. The van der Waals surface area contributed by atoms with Gasteiger partial charge < -0.3 is 28.4 Å². The zero-order valence-corrected chi connectivity index (χ0v) is 24.0. The number of unbranched alkanes of at least 4 members (excludes halogenated alkanes) is 1. The highest BCUT2D eigenvalue weighted by atomic mass is 32.2. The predicted molar refractivity (Wildman–Crippen MR) is 143 cm³/mol. The second-order valence-electron chi connectivity index (χ2n) is 8.57. The van der Waals surface area contributed by atoms with Gasteiger partial charge in [-0.15, -0.1) is 0 Å². The molecule has 0 aliphatic rings. The van der Waals surface area contributed by atoms with E-state index < -0.39 is 10.1 Å². The molecule has 0 N–H and O–H groups in total. The predicted octanol–water partition coefficient (Wildman–Crippen LogP) is 3.54. The Bertz CT molecular complexity index is 814. The third kappa shape index (κ3) is 17.1. The van der Waals surface area contributed by atoms with Crippen molar-refractivity contribution in [3.63, 3.8) is 0 Å². The zero-order valence-electron chi connectivity index (χ0n) is 23.2. The van der Waals surface area contributed by atoms with E-state index in [4.69, 9.17) is 32.6 Å². The van der Waals surface area contributed by atoms with Crippen molar-refractivity contribution in [2.45, 2.75) is 51.3 Å². The molecule has 0 amide bonds. The van der Waals surface area contributed by atoms with E-state index in [0.717, 1.165) is 31.2 Å². The van der Waals surface area contributed by atoms with Gasteiger partial charge in [-0.25, -0.2) is 0 Å². The van der Waals surface area contributed by atoms with Gasteiger partial charge in [0.15, 0.2) is 0 Å². The highest BCUT2D eigenvalue weighted by Crippen LogP contribution is 2.14. The van der Waals surface area contributed by atoms with E-state index >= 15 is 0 Å². The van der Waals surface area contributed by atoms with Crippen LogP contribution in [0.3, 0.4) is 0 Å². The molecule has 11 heteroatoms. The first-order valence-electron chi connectivity index (χ1n) is 13.4. The minimum Gasteiger partial charge on any atom is -0.463 e. The number of hydrogen-bond donors (Lipinski definition) is 0. The number of carbonyl (C=O) groups excluding carboxylic acids is 1. The van der Waals surface area contributed by atoms with E-state index in [1.165, 1.54) is 12.1 Å². The summed E-state index contributed by atoms with van der Waals surface area (Å²) in [5, 5.41) is 0. The second kappa shape index (κ2) is 22.2. The topological polar surface area (TPSA) is 116 Å². The summed E-state index contributed by atoms with van der Waals surface area (Å²) in [7, 11) is -3.77. The van der Waals surface area contributed by atoms with Crippen LogP contribution in [-0.2, 0) is 47.5 Å². The zero-order chi connectivity index (χ0) is 27.9. The number of benzene rings is 1. The van der Waals surface area contributed by atoms with Crippen LogP contribution < -0.4 is 0 Å². The molecule has 0 fully saturated rings. The van der Waals surface area contributed by atoms with E-state index in [2.05, 4.69) is 6.92 Å². The number of carbonyl (C=O) groups is 1. The third-order valence-corrected chi connectivity index (χ3v) is 6.79. The SMILES string of the molecule is CCCCC(CC)C(=O)OCCOCCOCCOCCOCCOCCOS(=O)(=O)c1ccc(C)cc1. The van der Waals surface area contributed by atoms with E-state index in [1.807, 2.05) is 13.8 Å². The molecule has 0 aromatic heterocycles. The summed E-state index contributed by atoms with van der Waals surface area (Å²) < 4.78 is 61.3. The molecule has 0 radical (unpaired) electrons. The summed E-state index contributed by atoms with van der Waals surface area (Å²) in [6.07, 6.45) is 3.80. The van der Waals surface area contributed by atoms with Gasteiger partial charge in [-0.3, -0.25) is 8.98 Å². The normalized spacial score (nSPS) is 12.5. The smallest absolute Gasteiger partial charge is 0.308 e. The standard InChI is InChI=1S/C27H46O10S/c1-4-6-7-25(5-2)27(28)36-22-20-34-18-16-32-14-12-31-13-15-33-17-19-35-21-23-37-38(29,30)26-10-8-24(3)9-11-26/h8-11,25H,4-7,12-23H2,1-3H3. The Morgan fingerprint density at radius 3 is 1.61 bits per heavy atom. The molecule has 0 saturated heterocycles. The van der Waals surface area contributed by atoms with Crippen LogP contribution in [0.25, 0.3) is 0 Å². The first-order valence-corrected chi connectivity index (χ1v) is 14.8. The molecular formula is C27H46O10S. The maximum atomic E-state index is 12.0. The van der Waals surface area contributed by atoms with Crippen molar-refractivity contribution in [3.05, 3.63) is 29.8 Å². The molecule has 220 valence electrons. The fraction of sp³-hybridized carbons (Fsp3) is 0.741. The second-order valence-corrected chi connectivity index (χ2v) is 10.2. The number of ether oxygens (including phenoxy) is 6. The van der Waals surface area contributed by atoms with Gasteiger partial charge in [0.05, 0.1) is 83.5 Å². The molecule has 0 spiro atoms. The fourth-order valence-corrected chi connectivity index (χ4v) is 4.11. The fourth-order valence-electron chi connectivity index (χ4n) is 3.22. The van der Waals surface area contributed by atoms with Gasteiger partial charge >= 0.3 is 5.97 Å². The lowest BCUT2D eigenvalue weighted by Crippen LogP contribution is -2.20. The molecule has 0 aliphatic heterocycles. The van der Waals surface area contributed by atoms with Crippen molar-refractivity contribution in [1.82, 2.24) is 0 Å². The number of rotatable bonds is 25. The van der Waals surface area contributed by atoms with E-state index in [0.29, 0.717) is 59.5 Å². The highest BCUT2D eigenvalue weighted by molar-refractivity contribution is 7.86. The lowest BCUT2D eigenvalue weighted by molar-refractivity contribution is -0.150. The molecule has 38 heavy (non-hydrogen) atoms. The van der Waals surface area contributed by atoms with Crippen LogP contribution in [0.1, 0.15) is 45.1 Å². The largest absolute Gasteiger partial charge is 0.463 e. The minimum absolute atomic E-state index is 0.0137. The van der Waals surface area contributed by atoms with Crippen molar-refractivity contribution in [3.8, 4) is 0 Å². The third-order valence-electron chi connectivity index (χ3n) is 5.47. The molecule has 10 nitrogen and oxygen atoms in total. The molecule has 0 saturated carbocycles. The minimum atomic E-state index is -3.77. The van der Waals surface area contributed by atoms with E-state index in [1.54, 1.807) is 12.1 Å². The average molecular weight is 563 g/mol. The van der Waals surface area contributed by atoms with Crippen molar-refractivity contribution >= 4 is 16.1 Å². The summed E-state index contributed by atoms with van der Waals surface area (Å²) in [5.74, 6) is -0.147. The summed E-state index contributed by atoms with van der Waals surface area (Å²) in [6.45, 7) is 10.0. The van der Waals surface area contributed by atoms with Crippen molar-refractivity contribution in [1.29, 1.82) is 0 Å². The molecule has 1 atom stereocenters. The molecule has 0 bridgehead atoms. The summed E-state index contributed by atoms with van der Waals surface area (Å²) in [4.78, 5) is 12.1. The van der Waals surface area contributed by atoms with E-state index in [9.17, 15) is 13.2 Å². The Morgan fingerprint density at radius 2 is 1.16 bits per heavy atom. The van der Waals surface area contributed by atoms with Crippen molar-refractivity contribution < 1.29 is 45.8 Å². The maximum absolute atomic E-state index is 12.0. The summed E-state index contributed by atoms with van der Waals surface area (Å²) in [6, 6.07) is 6.47. The Kier molecular flexibility index (Phi) is 20.1. The van der Waals surface area contributed by atoms with Crippen LogP contribution >= 0.6 is 0 Å². The van der Waals surface area contributed by atoms with Gasteiger partial charge in [0.2, 0.25) is 0 Å². The quantitative estimate of drug-likeness (QED) is 0.0995. The lowest BCUT2D eigenvalue weighted by atomic mass is 10.00. The van der Waals surface area contributed by atoms with Crippen LogP contribution in [0.2, 0.25) is 0 Å². The number of hydrogen-bond acceptors (Lipinski definition) is 10. The van der Waals surface area contributed by atoms with Gasteiger partial charge in [0.1, 0.15) is 6.61 Å². The van der Waals surface area contributed by atoms with E-state index in [-0.39, 0.29) is 36.6 Å². The summed E-state index contributed by atoms with van der Waals surface area (Å²) >= 11 is 0. The molecular weight excluding hydrogens is 516 g/mol. The summed E-state index contributed by atoms with van der Waals surface area (Å²) in [5.41, 5.74) is 0.975. The maximum Gasteiger partial charge on any atom is 0.308 e. The Hall–Kier alpha value is -1.60. The molecule has 1 unspecified atom stereocenters. The van der Waals surface area contributed by atoms with Crippen LogP contribution in [0.5, 0.6) is 0 Å². The van der Waals surface area contributed by atoms with Gasteiger partial charge in [0.25, 0.3) is 10.1 Å². The van der Waals surface area contributed by atoms with Gasteiger partial charge in [-0.2, -0.15) is 8.42 Å². The van der Waals surface area contributed by atoms with Gasteiger partial charge in [-0.05, 0) is 31.9 Å². The van der Waals surface area contributed by atoms with Gasteiger partial charge in [0, 0.05) is 0 Å². The first kappa shape index (κ1) is 34.4. The lowest BCUT2D eigenvalue weighted by Gasteiger charge is -2.13. The average Bonchev–Trinajstić information content (AvgIpc) is 2.90. The van der Waals surface area contributed by atoms with Crippen LogP contribution in [0.15, 0.2) is 29.2 Å². The molecule has 1 aromatic rings.